The molecular formula is C18H20N4O. The SMILES string of the molecule is CN(Cc1cnn(C)c1)C(=O)c1cccn1Cc1ccccc1. The molecule has 0 N–H and O–H groups in total. The topological polar surface area (TPSA) is 43.1 Å². The number of aryl methyl sites for hydroxylation is 1. The van der Waals surface area contributed by atoms with Gasteiger partial charge in [0.2, 0.25) is 0 Å². The molecule has 0 bridgehead atoms. The minimum absolute atomic E-state index is 0.00906. The number of hydrogen-bond donors (Lipinski definition) is 0. The molecule has 3 aromatic rings. The molecule has 3 rings (SSSR count). The summed E-state index contributed by atoms with van der Waals surface area (Å²) >= 11 is 0. The summed E-state index contributed by atoms with van der Waals surface area (Å²) in [6, 6.07) is 13.9. The van der Waals surface area contributed by atoms with Crippen molar-refractivity contribution in [2.45, 2.75) is 13.1 Å². The van der Waals surface area contributed by atoms with Crippen molar-refractivity contribution in [2.24, 2.45) is 7.05 Å². The highest BCUT2D eigenvalue weighted by Gasteiger charge is 2.16. The van der Waals surface area contributed by atoms with E-state index in [4.69, 9.17) is 0 Å². The zero-order chi connectivity index (χ0) is 16.2. The van der Waals surface area contributed by atoms with Gasteiger partial charge >= 0.3 is 0 Å². The largest absolute Gasteiger partial charge is 0.339 e. The van der Waals surface area contributed by atoms with Crippen molar-refractivity contribution in [2.75, 3.05) is 7.05 Å². The number of carbonyl (C=O) groups excluding carboxylic acids is 1. The molecule has 2 aromatic heterocycles. The highest BCUT2D eigenvalue weighted by atomic mass is 16.2. The first-order valence-corrected chi connectivity index (χ1v) is 7.55. The zero-order valence-electron chi connectivity index (χ0n) is 13.4. The number of aromatic nitrogens is 3. The van der Waals surface area contributed by atoms with Gasteiger partial charge in [-0.1, -0.05) is 30.3 Å². The maximum absolute atomic E-state index is 12.7. The van der Waals surface area contributed by atoms with Gasteiger partial charge in [-0.2, -0.15) is 5.10 Å². The van der Waals surface area contributed by atoms with E-state index in [1.54, 1.807) is 15.8 Å². The maximum Gasteiger partial charge on any atom is 0.270 e. The standard InChI is InChI=1S/C18H20N4O/c1-20(12-16-11-19-21(2)13-16)18(23)17-9-6-10-22(17)14-15-7-4-3-5-8-15/h3-11,13H,12,14H2,1-2H3. The molecule has 1 aromatic carbocycles. The van der Waals surface area contributed by atoms with Crippen LogP contribution in [0.1, 0.15) is 21.6 Å². The molecule has 5 heteroatoms. The van der Waals surface area contributed by atoms with E-state index in [1.165, 1.54) is 5.56 Å². The number of benzene rings is 1. The van der Waals surface area contributed by atoms with Crippen LogP contribution in [0.25, 0.3) is 0 Å². The highest BCUT2D eigenvalue weighted by Crippen LogP contribution is 2.12. The van der Waals surface area contributed by atoms with E-state index in [-0.39, 0.29) is 5.91 Å². The van der Waals surface area contributed by atoms with Crippen molar-refractivity contribution in [1.29, 1.82) is 0 Å². The second-order valence-corrected chi connectivity index (χ2v) is 5.69. The van der Waals surface area contributed by atoms with Gasteiger partial charge in [0.25, 0.3) is 5.91 Å². The molecule has 2 heterocycles. The Balaban J connectivity index is 1.73. The van der Waals surface area contributed by atoms with Gasteiger partial charge in [-0.15, -0.1) is 0 Å². The number of amides is 1. The van der Waals surface area contributed by atoms with Crippen LogP contribution in [-0.4, -0.2) is 32.2 Å². The first-order valence-electron chi connectivity index (χ1n) is 7.55. The summed E-state index contributed by atoms with van der Waals surface area (Å²) in [5.41, 5.74) is 2.89. The molecule has 1 amide bonds. The maximum atomic E-state index is 12.7. The fourth-order valence-corrected chi connectivity index (χ4v) is 2.62. The first-order chi connectivity index (χ1) is 11.1. The Kier molecular flexibility index (Phi) is 4.28. The van der Waals surface area contributed by atoms with Crippen LogP contribution in [0.5, 0.6) is 0 Å². The summed E-state index contributed by atoms with van der Waals surface area (Å²) in [5.74, 6) is 0.00906. The third-order valence-corrected chi connectivity index (χ3v) is 3.77. The van der Waals surface area contributed by atoms with E-state index in [0.717, 1.165) is 5.56 Å². The molecule has 0 aliphatic carbocycles. The van der Waals surface area contributed by atoms with Gasteiger partial charge in [0.1, 0.15) is 5.69 Å². The number of carbonyl (C=O) groups is 1. The van der Waals surface area contributed by atoms with Crippen molar-refractivity contribution in [3.05, 3.63) is 77.9 Å². The van der Waals surface area contributed by atoms with Gasteiger partial charge < -0.3 is 9.47 Å². The van der Waals surface area contributed by atoms with Crippen LogP contribution in [-0.2, 0) is 20.1 Å². The van der Waals surface area contributed by atoms with Gasteiger partial charge in [0.15, 0.2) is 0 Å². The molecule has 118 valence electrons. The van der Waals surface area contributed by atoms with Crippen LogP contribution >= 0.6 is 0 Å². The normalized spacial score (nSPS) is 10.7. The molecule has 0 fully saturated rings. The summed E-state index contributed by atoms with van der Waals surface area (Å²) in [6.45, 7) is 1.23. The van der Waals surface area contributed by atoms with Gasteiger partial charge in [-0.3, -0.25) is 9.48 Å². The van der Waals surface area contributed by atoms with Gasteiger partial charge in [0, 0.05) is 45.1 Å². The number of rotatable bonds is 5. The van der Waals surface area contributed by atoms with Crippen LogP contribution in [0, 0.1) is 0 Å². The lowest BCUT2D eigenvalue weighted by molar-refractivity contribution is 0.0775. The molecule has 5 nitrogen and oxygen atoms in total. The van der Waals surface area contributed by atoms with Crippen LogP contribution in [0.3, 0.4) is 0 Å². The minimum Gasteiger partial charge on any atom is -0.339 e. The highest BCUT2D eigenvalue weighted by molar-refractivity contribution is 5.92. The molecule has 0 unspecified atom stereocenters. The summed E-state index contributed by atoms with van der Waals surface area (Å²) in [7, 11) is 3.69. The molecule has 0 aliphatic heterocycles. The predicted octanol–water partition coefficient (Wildman–Crippen LogP) is 2.54. The van der Waals surface area contributed by atoms with Crippen molar-refractivity contribution < 1.29 is 4.79 Å². The van der Waals surface area contributed by atoms with Crippen molar-refractivity contribution in [3.63, 3.8) is 0 Å². The van der Waals surface area contributed by atoms with E-state index in [0.29, 0.717) is 18.8 Å². The molecular weight excluding hydrogens is 288 g/mol. The third kappa shape index (κ3) is 3.51. The summed E-state index contributed by atoms with van der Waals surface area (Å²) < 4.78 is 3.73. The Hall–Kier alpha value is -2.82. The van der Waals surface area contributed by atoms with Crippen molar-refractivity contribution >= 4 is 5.91 Å². The minimum atomic E-state index is 0.00906. The molecule has 0 radical (unpaired) electrons. The van der Waals surface area contributed by atoms with Crippen LogP contribution in [0.4, 0.5) is 0 Å². The Bertz CT molecular complexity index is 788. The van der Waals surface area contributed by atoms with E-state index >= 15 is 0 Å². The van der Waals surface area contributed by atoms with Gasteiger partial charge in [0.05, 0.1) is 6.20 Å². The summed E-state index contributed by atoms with van der Waals surface area (Å²) in [6.07, 6.45) is 5.65. The van der Waals surface area contributed by atoms with Crippen LogP contribution < -0.4 is 0 Å². The smallest absolute Gasteiger partial charge is 0.270 e. The molecule has 0 saturated carbocycles. The average Bonchev–Trinajstić information content (AvgIpc) is 3.16. The van der Waals surface area contributed by atoms with Crippen LogP contribution in [0.15, 0.2) is 61.1 Å². The quantitative estimate of drug-likeness (QED) is 0.727. The van der Waals surface area contributed by atoms with E-state index in [1.807, 2.05) is 61.4 Å². The molecule has 23 heavy (non-hydrogen) atoms. The Morgan fingerprint density at radius 3 is 2.61 bits per heavy atom. The molecule has 0 saturated heterocycles. The first kappa shape index (κ1) is 15.1. The van der Waals surface area contributed by atoms with Crippen LogP contribution in [0.2, 0.25) is 0 Å². The zero-order valence-corrected chi connectivity index (χ0v) is 13.4. The Morgan fingerprint density at radius 2 is 1.91 bits per heavy atom. The van der Waals surface area contributed by atoms with E-state index < -0.39 is 0 Å². The average molecular weight is 308 g/mol. The lowest BCUT2D eigenvalue weighted by atomic mass is 10.2. The number of nitrogens with zero attached hydrogens (tertiary/aromatic N) is 4. The molecule has 0 aliphatic rings. The predicted molar refractivity (Wildman–Crippen MR) is 89.0 cm³/mol. The van der Waals surface area contributed by atoms with Gasteiger partial charge in [-0.25, -0.2) is 0 Å². The third-order valence-electron chi connectivity index (χ3n) is 3.77. The second-order valence-electron chi connectivity index (χ2n) is 5.69. The van der Waals surface area contributed by atoms with Crippen molar-refractivity contribution in [3.8, 4) is 0 Å². The van der Waals surface area contributed by atoms with E-state index in [2.05, 4.69) is 17.2 Å². The van der Waals surface area contributed by atoms with Crippen molar-refractivity contribution in [1.82, 2.24) is 19.2 Å². The Morgan fingerprint density at radius 1 is 1.13 bits per heavy atom. The summed E-state index contributed by atoms with van der Waals surface area (Å²) in [5, 5.41) is 4.14. The second kappa shape index (κ2) is 6.52. The molecule has 0 atom stereocenters. The lowest BCUT2D eigenvalue weighted by Gasteiger charge is -2.18. The fraction of sp³-hybridized carbons (Fsp3) is 0.222. The summed E-state index contributed by atoms with van der Waals surface area (Å²) in [4.78, 5) is 14.4. The van der Waals surface area contributed by atoms with E-state index in [9.17, 15) is 4.79 Å². The fourth-order valence-electron chi connectivity index (χ4n) is 2.62. The Labute approximate surface area is 135 Å². The molecule has 0 spiro atoms. The number of hydrogen-bond acceptors (Lipinski definition) is 2. The lowest BCUT2D eigenvalue weighted by Crippen LogP contribution is -2.28. The monoisotopic (exact) mass is 308 g/mol. The van der Waals surface area contributed by atoms with Gasteiger partial charge in [-0.05, 0) is 17.7 Å².